The minimum atomic E-state index is 0.253. The van der Waals surface area contributed by atoms with Crippen LogP contribution < -0.4 is 9.46 Å². The Morgan fingerprint density at radius 2 is 1.83 bits per heavy atom. The van der Waals surface area contributed by atoms with Crippen molar-refractivity contribution in [2.75, 3.05) is 31.5 Å². The van der Waals surface area contributed by atoms with E-state index < -0.39 is 0 Å². The second-order valence-corrected chi connectivity index (χ2v) is 9.86. The molecule has 5 rings (SSSR count). The summed E-state index contributed by atoms with van der Waals surface area (Å²) in [6.45, 7) is 6.59. The molecule has 1 N–H and O–H groups in total. The molecule has 1 unspecified atom stereocenters. The second-order valence-electron chi connectivity index (χ2n) is 8.98. The lowest BCUT2D eigenvalue weighted by Crippen LogP contribution is -2.36. The number of aryl methyl sites for hydroxylation is 3. The van der Waals surface area contributed by atoms with Gasteiger partial charge >= 0.3 is 0 Å². The summed E-state index contributed by atoms with van der Waals surface area (Å²) in [5.41, 5.74) is 5.39. The van der Waals surface area contributed by atoms with Gasteiger partial charge in [0.05, 0.1) is 36.0 Å². The molecule has 1 aliphatic rings. The van der Waals surface area contributed by atoms with Gasteiger partial charge in [-0.1, -0.05) is 30.3 Å². The number of nitrogens with zero attached hydrogens (tertiary/aromatic N) is 5. The first-order valence-corrected chi connectivity index (χ1v) is 12.7. The number of ether oxygens (including phenoxy) is 2. The summed E-state index contributed by atoms with van der Waals surface area (Å²) in [6, 6.07) is 16.5. The Morgan fingerprint density at radius 1 is 1.06 bits per heavy atom. The molecule has 0 saturated carbocycles. The van der Waals surface area contributed by atoms with Crippen LogP contribution in [0.25, 0.3) is 11.3 Å². The third-order valence-electron chi connectivity index (χ3n) is 6.26. The highest BCUT2D eigenvalue weighted by atomic mass is 32.2. The van der Waals surface area contributed by atoms with Crippen molar-refractivity contribution >= 4 is 17.9 Å². The fraction of sp³-hybridized carbons (Fsp3) is 0.296. The van der Waals surface area contributed by atoms with Gasteiger partial charge in [-0.15, -0.1) is 0 Å². The minimum absolute atomic E-state index is 0.253. The second kappa shape index (κ2) is 10.7. The Kier molecular flexibility index (Phi) is 7.22. The lowest BCUT2D eigenvalue weighted by atomic mass is 10.00. The molecule has 0 bridgehead atoms. The number of anilines is 1. The average molecular weight is 503 g/mol. The third-order valence-corrected chi connectivity index (χ3v) is 7.00. The standard InChI is InChI=1S/C27H30N6O2S/c1-18-6-5-7-19(2)26(18)23-14-25(30-27(29-23)31-36-22-15-28-33(4)16-22)35-21-10-8-20(9-11-21)24-17-34-13-12-32(24)3/h5-11,14-16,24H,12-13,17H2,1-4H3,(H,29,30,31). The minimum Gasteiger partial charge on any atom is -0.439 e. The van der Waals surface area contributed by atoms with Crippen molar-refractivity contribution in [3.8, 4) is 22.9 Å². The van der Waals surface area contributed by atoms with E-state index in [1.807, 2.05) is 31.4 Å². The van der Waals surface area contributed by atoms with Crippen LogP contribution in [-0.4, -0.2) is 51.5 Å². The number of hydrogen-bond acceptors (Lipinski definition) is 8. The number of morpholine rings is 1. The highest BCUT2D eigenvalue weighted by Crippen LogP contribution is 2.32. The zero-order chi connectivity index (χ0) is 25.1. The van der Waals surface area contributed by atoms with Crippen LogP contribution in [0.3, 0.4) is 0 Å². The Labute approximate surface area is 215 Å². The lowest BCUT2D eigenvalue weighted by Gasteiger charge is -2.32. The molecule has 1 fully saturated rings. The monoisotopic (exact) mass is 502 g/mol. The first-order chi connectivity index (χ1) is 17.5. The molecule has 186 valence electrons. The van der Waals surface area contributed by atoms with Crippen LogP contribution in [0.1, 0.15) is 22.7 Å². The number of benzene rings is 2. The van der Waals surface area contributed by atoms with E-state index in [0.717, 1.165) is 46.2 Å². The number of nitrogens with one attached hydrogen (secondary N) is 1. The SMILES string of the molecule is Cc1cccc(C)c1-c1cc(Oc2ccc(C3COCCN3C)cc2)nc(NSc2cnn(C)c2)n1. The average Bonchev–Trinajstić information content (AvgIpc) is 3.29. The van der Waals surface area contributed by atoms with E-state index in [1.54, 1.807) is 10.9 Å². The number of aromatic nitrogens is 4. The topological polar surface area (TPSA) is 77.3 Å². The van der Waals surface area contributed by atoms with E-state index in [4.69, 9.17) is 14.5 Å². The van der Waals surface area contributed by atoms with E-state index >= 15 is 0 Å². The predicted octanol–water partition coefficient (Wildman–Crippen LogP) is 5.41. The molecule has 9 heteroatoms. The van der Waals surface area contributed by atoms with E-state index in [9.17, 15) is 0 Å². The molecule has 8 nitrogen and oxygen atoms in total. The Balaban J connectivity index is 1.42. The van der Waals surface area contributed by atoms with Gasteiger partial charge in [0.1, 0.15) is 5.75 Å². The Bertz CT molecular complexity index is 1320. The largest absolute Gasteiger partial charge is 0.439 e. The van der Waals surface area contributed by atoms with Gasteiger partial charge in [-0.25, -0.2) is 4.98 Å². The molecule has 2 aromatic carbocycles. The fourth-order valence-corrected chi connectivity index (χ4v) is 4.95. The Hall–Kier alpha value is -3.40. The zero-order valence-corrected chi connectivity index (χ0v) is 21.7. The van der Waals surface area contributed by atoms with Crippen molar-refractivity contribution in [3.63, 3.8) is 0 Å². The summed E-state index contributed by atoms with van der Waals surface area (Å²) < 4.78 is 16.9. The van der Waals surface area contributed by atoms with Gasteiger partial charge in [0.15, 0.2) is 0 Å². The van der Waals surface area contributed by atoms with Gasteiger partial charge in [0, 0.05) is 31.4 Å². The van der Waals surface area contributed by atoms with Gasteiger partial charge in [0.25, 0.3) is 0 Å². The van der Waals surface area contributed by atoms with E-state index in [-0.39, 0.29) is 6.04 Å². The smallest absolute Gasteiger partial charge is 0.237 e. The molecule has 36 heavy (non-hydrogen) atoms. The molecule has 0 amide bonds. The van der Waals surface area contributed by atoms with Crippen molar-refractivity contribution < 1.29 is 9.47 Å². The van der Waals surface area contributed by atoms with Crippen LogP contribution in [0, 0.1) is 13.8 Å². The predicted molar refractivity (Wildman–Crippen MR) is 142 cm³/mol. The van der Waals surface area contributed by atoms with E-state index in [1.165, 1.54) is 17.5 Å². The van der Waals surface area contributed by atoms with Crippen LogP contribution in [0.5, 0.6) is 11.6 Å². The van der Waals surface area contributed by atoms with Gasteiger partial charge in [-0.2, -0.15) is 10.1 Å². The summed E-state index contributed by atoms with van der Waals surface area (Å²) >= 11 is 1.41. The maximum absolute atomic E-state index is 6.22. The van der Waals surface area contributed by atoms with Crippen molar-refractivity contribution in [2.45, 2.75) is 24.8 Å². The first kappa shape index (κ1) is 24.3. The summed E-state index contributed by atoms with van der Waals surface area (Å²) in [6.07, 6.45) is 3.72. The summed E-state index contributed by atoms with van der Waals surface area (Å²) in [5.74, 6) is 1.66. The van der Waals surface area contributed by atoms with Gasteiger partial charge in [0.2, 0.25) is 11.8 Å². The normalized spacial score (nSPS) is 16.2. The van der Waals surface area contributed by atoms with Crippen LogP contribution in [-0.2, 0) is 11.8 Å². The number of hydrogen-bond donors (Lipinski definition) is 1. The molecular weight excluding hydrogens is 472 g/mol. The van der Waals surface area contributed by atoms with Crippen molar-refractivity contribution in [2.24, 2.45) is 7.05 Å². The molecule has 0 radical (unpaired) electrons. The molecule has 0 aliphatic carbocycles. The van der Waals surface area contributed by atoms with Gasteiger partial charge in [-0.3, -0.25) is 14.3 Å². The van der Waals surface area contributed by atoms with Crippen molar-refractivity contribution in [3.05, 3.63) is 77.6 Å². The Morgan fingerprint density at radius 3 is 2.53 bits per heavy atom. The maximum Gasteiger partial charge on any atom is 0.237 e. The quantitative estimate of drug-likeness (QED) is 0.336. The van der Waals surface area contributed by atoms with Crippen LogP contribution in [0.15, 0.2) is 65.8 Å². The van der Waals surface area contributed by atoms with E-state index in [2.05, 4.69) is 70.9 Å². The van der Waals surface area contributed by atoms with E-state index in [0.29, 0.717) is 18.4 Å². The van der Waals surface area contributed by atoms with Crippen molar-refractivity contribution in [1.82, 2.24) is 24.6 Å². The molecular formula is C27H30N6O2S. The number of likely N-dealkylation sites (N-methyl/N-ethyl adjacent to an activating group) is 1. The molecule has 1 atom stereocenters. The van der Waals surface area contributed by atoms with Crippen LogP contribution in [0.2, 0.25) is 0 Å². The summed E-state index contributed by atoms with van der Waals surface area (Å²) in [4.78, 5) is 12.7. The van der Waals surface area contributed by atoms with Crippen LogP contribution >= 0.6 is 11.9 Å². The summed E-state index contributed by atoms with van der Waals surface area (Å²) in [5, 5.41) is 4.22. The fourth-order valence-electron chi connectivity index (χ4n) is 4.34. The first-order valence-electron chi connectivity index (χ1n) is 11.9. The molecule has 1 aliphatic heterocycles. The molecule has 3 heterocycles. The molecule has 0 spiro atoms. The van der Waals surface area contributed by atoms with Crippen molar-refractivity contribution in [1.29, 1.82) is 0 Å². The lowest BCUT2D eigenvalue weighted by molar-refractivity contribution is 0.00504. The summed E-state index contributed by atoms with van der Waals surface area (Å²) in [7, 11) is 4.02. The highest BCUT2D eigenvalue weighted by Gasteiger charge is 2.21. The molecule has 2 aromatic heterocycles. The van der Waals surface area contributed by atoms with Gasteiger partial charge in [-0.05, 0) is 61.7 Å². The highest BCUT2D eigenvalue weighted by molar-refractivity contribution is 8.00. The third kappa shape index (κ3) is 5.53. The van der Waals surface area contributed by atoms with Crippen LogP contribution in [0.4, 0.5) is 5.95 Å². The number of rotatable bonds is 7. The van der Waals surface area contributed by atoms with Gasteiger partial charge < -0.3 is 9.47 Å². The maximum atomic E-state index is 6.22. The zero-order valence-electron chi connectivity index (χ0n) is 20.9. The molecule has 1 saturated heterocycles. The molecule has 4 aromatic rings.